The zero-order chi connectivity index (χ0) is 19.6. The van der Waals surface area contributed by atoms with Crippen LogP contribution in [0.15, 0.2) is 24.7 Å². The second-order valence-corrected chi connectivity index (χ2v) is 6.73. The number of aromatic nitrogens is 4. The molecule has 0 saturated carbocycles. The molecule has 3 rings (SSSR count). The van der Waals surface area contributed by atoms with Crippen LogP contribution in [0, 0.1) is 5.41 Å². The number of rotatable bonds is 6. The summed E-state index contributed by atoms with van der Waals surface area (Å²) in [5, 5.41) is 14.0. The predicted molar refractivity (Wildman–Crippen MR) is 97.7 cm³/mol. The van der Waals surface area contributed by atoms with Crippen LogP contribution in [0.5, 0.6) is 0 Å². The quantitative estimate of drug-likeness (QED) is 0.474. The summed E-state index contributed by atoms with van der Waals surface area (Å²) in [7, 11) is 0. The van der Waals surface area contributed by atoms with Gasteiger partial charge in [-0.3, -0.25) is 4.68 Å². The number of hydrogen-bond donors (Lipinski definition) is 4. The van der Waals surface area contributed by atoms with Crippen molar-refractivity contribution in [2.45, 2.75) is 19.3 Å². The van der Waals surface area contributed by atoms with Crippen molar-refractivity contribution in [3.63, 3.8) is 0 Å². The molecule has 0 aliphatic heterocycles. The van der Waals surface area contributed by atoms with Crippen molar-refractivity contribution in [2.24, 2.45) is 0 Å². The first kappa shape index (κ1) is 18.6. The summed E-state index contributed by atoms with van der Waals surface area (Å²) in [5.41, 5.74) is 12.8. The van der Waals surface area contributed by atoms with E-state index in [0.29, 0.717) is 34.2 Å². The van der Waals surface area contributed by atoms with E-state index >= 15 is 0 Å². The van der Waals surface area contributed by atoms with Crippen LogP contribution < -0.4 is 16.8 Å². The Labute approximate surface area is 155 Å². The largest absolute Gasteiger partial charge is 0.408 e. The monoisotopic (exact) mass is 396 g/mol. The third-order valence-corrected chi connectivity index (χ3v) is 4.57. The van der Waals surface area contributed by atoms with Gasteiger partial charge >= 0.3 is 6.18 Å². The van der Waals surface area contributed by atoms with E-state index in [0.717, 1.165) is 9.56 Å². The number of nitrogens with zero attached hydrogens (tertiary/aromatic N) is 4. The van der Waals surface area contributed by atoms with E-state index in [2.05, 4.69) is 20.4 Å². The summed E-state index contributed by atoms with van der Waals surface area (Å²) in [6.45, 7) is -0.825. The summed E-state index contributed by atoms with van der Waals surface area (Å²) >= 11 is 1.35. The van der Waals surface area contributed by atoms with Crippen LogP contribution >= 0.6 is 11.3 Å². The van der Waals surface area contributed by atoms with E-state index in [4.69, 9.17) is 16.9 Å². The van der Waals surface area contributed by atoms with Crippen LogP contribution in [0.3, 0.4) is 0 Å². The molecule has 6 N–H and O–H groups in total. The lowest BCUT2D eigenvalue weighted by Crippen LogP contribution is -2.17. The third-order valence-electron chi connectivity index (χ3n) is 3.47. The van der Waals surface area contributed by atoms with Gasteiger partial charge in [0, 0.05) is 22.9 Å². The molecule has 0 unspecified atom stereocenters. The number of anilines is 3. The minimum atomic E-state index is -4.36. The van der Waals surface area contributed by atoms with Crippen molar-refractivity contribution in [1.82, 2.24) is 19.7 Å². The standard InChI is InChI=1S/C15H15F3N8S/c16-15(17,18)7-26-6-8(3-24-26)11-5-22-13(21)14(25-11)23-4-9-1-10(20)12(2-19)27-9/h1-3,5-6,19H,4,7,20H2,(H2,21,22)(H,23,25). The Kier molecular flexibility index (Phi) is 4.99. The summed E-state index contributed by atoms with van der Waals surface area (Å²) in [6.07, 6.45) is 0.711. The van der Waals surface area contributed by atoms with Crippen molar-refractivity contribution in [3.05, 3.63) is 34.4 Å². The number of nitrogens with one attached hydrogen (secondary N) is 2. The van der Waals surface area contributed by atoms with Crippen molar-refractivity contribution < 1.29 is 13.2 Å². The molecule has 0 aromatic carbocycles. The molecule has 0 atom stereocenters. The number of thiophene rings is 1. The Balaban J connectivity index is 1.77. The fourth-order valence-electron chi connectivity index (χ4n) is 2.28. The van der Waals surface area contributed by atoms with Gasteiger partial charge in [-0.25, -0.2) is 9.97 Å². The summed E-state index contributed by atoms with van der Waals surface area (Å²) in [4.78, 5) is 9.86. The van der Waals surface area contributed by atoms with Crippen LogP contribution in [0.1, 0.15) is 9.75 Å². The lowest BCUT2D eigenvalue weighted by molar-refractivity contribution is -0.142. The molecule has 0 aliphatic rings. The highest BCUT2D eigenvalue weighted by atomic mass is 32.1. The normalized spacial score (nSPS) is 11.5. The molecule has 12 heteroatoms. The highest BCUT2D eigenvalue weighted by Crippen LogP contribution is 2.26. The molecule has 0 spiro atoms. The summed E-state index contributed by atoms with van der Waals surface area (Å²) in [5.74, 6) is 0.442. The highest BCUT2D eigenvalue weighted by Gasteiger charge is 2.28. The van der Waals surface area contributed by atoms with Gasteiger partial charge in [-0.1, -0.05) is 0 Å². The van der Waals surface area contributed by atoms with Gasteiger partial charge in [-0.15, -0.1) is 11.3 Å². The maximum Gasteiger partial charge on any atom is 0.408 e. The smallest absolute Gasteiger partial charge is 0.398 e. The molecule has 0 saturated heterocycles. The van der Waals surface area contributed by atoms with Gasteiger partial charge in [-0.2, -0.15) is 18.3 Å². The fraction of sp³-hybridized carbons (Fsp3) is 0.200. The van der Waals surface area contributed by atoms with Gasteiger partial charge < -0.3 is 22.2 Å². The second-order valence-electron chi connectivity index (χ2n) is 5.56. The Morgan fingerprint density at radius 3 is 2.74 bits per heavy atom. The molecule has 3 aromatic heterocycles. The Morgan fingerprint density at radius 2 is 2.07 bits per heavy atom. The molecule has 3 aromatic rings. The Hall–Kier alpha value is -3.15. The number of nitrogen functional groups attached to an aromatic ring is 2. The van der Waals surface area contributed by atoms with Crippen LogP contribution in [0.25, 0.3) is 11.3 Å². The molecule has 0 radical (unpaired) electrons. The highest BCUT2D eigenvalue weighted by molar-refractivity contribution is 7.14. The topological polar surface area (TPSA) is 132 Å². The predicted octanol–water partition coefficient (Wildman–Crippen LogP) is 2.74. The average Bonchev–Trinajstić information content (AvgIpc) is 3.19. The maximum absolute atomic E-state index is 12.5. The molecular weight excluding hydrogens is 381 g/mol. The zero-order valence-electron chi connectivity index (χ0n) is 13.8. The lowest BCUT2D eigenvalue weighted by Gasteiger charge is -2.08. The van der Waals surface area contributed by atoms with Gasteiger partial charge in [0.2, 0.25) is 0 Å². The van der Waals surface area contributed by atoms with E-state index in [1.54, 1.807) is 6.07 Å². The van der Waals surface area contributed by atoms with E-state index in [1.165, 1.54) is 36.1 Å². The first-order valence-corrected chi connectivity index (χ1v) is 8.41. The minimum absolute atomic E-state index is 0.151. The Morgan fingerprint density at radius 1 is 1.30 bits per heavy atom. The average molecular weight is 396 g/mol. The van der Waals surface area contributed by atoms with E-state index < -0.39 is 12.7 Å². The van der Waals surface area contributed by atoms with Crippen LogP contribution in [0.2, 0.25) is 0 Å². The van der Waals surface area contributed by atoms with E-state index in [9.17, 15) is 13.2 Å². The van der Waals surface area contributed by atoms with Crippen LogP contribution in [0.4, 0.5) is 30.5 Å². The molecule has 0 amide bonds. The van der Waals surface area contributed by atoms with Crippen LogP contribution in [-0.2, 0) is 13.1 Å². The summed E-state index contributed by atoms with van der Waals surface area (Å²) < 4.78 is 38.1. The lowest BCUT2D eigenvalue weighted by atomic mass is 10.2. The SMILES string of the molecule is N=Cc1sc(CNc2nc(-c3cnn(CC(F)(F)F)c3)cnc2N)cc1N. The Bertz CT molecular complexity index is 962. The minimum Gasteiger partial charge on any atom is -0.398 e. The first-order valence-electron chi connectivity index (χ1n) is 7.60. The molecule has 3 heterocycles. The van der Waals surface area contributed by atoms with Gasteiger partial charge in [0.15, 0.2) is 11.6 Å². The van der Waals surface area contributed by atoms with Crippen molar-refractivity contribution in [2.75, 3.05) is 16.8 Å². The van der Waals surface area contributed by atoms with Gasteiger partial charge in [-0.05, 0) is 6.07 Å². The second kappa shape index (κ2) is 7.23. The zero-order valence-corrected chi connectivity index (χ0v) is 14.6. The molecule has 0 fully saturated rings. The van der Waals surface area contributed by atoms with Crippen molar-refractivity contribution in [1.29, 1.82) is 5.41 Å². The number of halogens is 3. The maximum atomic E-state index is 12.5. The number of nitrogens with two attached hydrogens (primary N) is 2. The molecule has 0 bridgehead atoms. The van der Waals surface area contributed by atoms with Crippen LogP contribution in [-0.4, -0.2) is 32.1 Å². The number of hydrogen-bond acceptors (Lipinski definition) is 8. The molecule has 8 nitrogen and oxygen atoms in total. The van der Waals surface area contributed by atoms with Crippen molar-refractivity contribution >= 4 is 34.9 Å². The molecule has 27 heavy (non-hydrogen) atoms. The van der Waals surface area contributed by atoms with E-state index in [-0.39, 0.29) is 5.82 Å². The van der Waals surface area contributed by atoms with Gasteiger partial charge in [0.25, 0.3) is 0 Å². The van der Waals surface area contributed by atoms with E-state index in [1.807, 2.05) is 0 Å². The summed E-state index contributed by atoms with van der Waals surface area (Å²) in [6, 6.07) is 1.74. The fourth-order valence-corrected chi connectivity index (χ4v) is 3.13. The first-order chi connectivity index (χ1) is 12.7. The molecule has 142 valence electrons. The molecule has 0 aliphatic carbocycles. The van der Waals surface area contributed by atoms with Gasteiger partial charge in [0.1, 0.15) is 6.54 Å². The number of alkyl halides is 3. The van der Waals surface area contributed by atoms with Gasteiger partial charge in [0.05, 0.1) is 35.2 Å². The molecular formula is C15H15F3N8S. The van der Waals surface area contributed by atoms with Crippen molar-refractivity contribution in [3.8, 4) is 11.3 Å². The third kappa shape index (κ3) is 4.53.